The number of nitrogens with one attached hydrogen (secondary N) is 1. The molecule has 1 unspecified atom stereocenters. The summed E-state index contributed by atoms with van der Waals surface area (Å²) in [5.41, 5.74) is 1.61. The first kappa shape index (κ1) is 30.7. The standard InChI is InChI=1S/C29H33BrClN3O4S/c1-4-5-17-32-29(36)22(3)33(19-23-11-9-12-24(30)18-23)28(35)20-34(27-16-10-15-26(31)21(27)2)39(37,38)25-13-7-6-8-14-25/h6-16,18,22H,4-5,17,19-20H2,1-3H3,(H,32,36). The fourth-order valence-electron chi connectivity index (χ4n) is 4.05. The quantitative estimate of drug-likeness (QED) is 0.250. The average molecular weight is 635 g/mol. The van der Waals surface area contributed by atoms with Gasteiger partial charge in [-0.3, -0.25) is 13.9 Å². The summed E-state index contributed by atoms with van der Waals surface area (Å²) in [5, 5.41) is 3.26. The average Bonchev–Trinajstić information content (AvgIpc) is 2.92. The molecule has 0 radical (unpaired) electrons. The molecule has 0 aliphatic carbocycles. The Morgan fingerprint density at radius 3 is 2.38 bits per heavy atom. The van der Waals surface area contributed by atoms with Crippen molar-refractivity contribution in [1.82, 2.24) is 10.2 Å². The molecule has 39 heavy (non-hydrogen) atoms. The van der Waals surface area contributed by atoms with E-state index in [0.717, 1.165) is 27.2 Å². The Kier molecular flexibility index (Phi) is 11.0. The van der Waals surface area contributed by atoms with Crippen LogP contribution in [-0.4, -0.2) is 44.3 Å². The number of anilines is 1. The lowest BCUT2D eigenvalue weighted by Crippen LogP contribution is -2.51. The Labute approximate surface area is 244 Å². The third-order valence-electron chi connectivity index (χ3n) is 6.36. The first-order valence-electron chi connectivity index (χ1n) is 12.7. The lowest BCUT2D eigenvalue weighted by Gasteiger charge is -2.32. The summed E-state index contributed by atoms with van der Waals surface area (Å²) in [6.45, 7) is 5.48. The molecule has 0 spiro atoms. The minimum atomic E-state index is -4.15. The van der Waals surface area contributed by atoms with Crippen LogP contribution in [0.3, 0.4) is 0 Å². The van der Waals surface area contributed by atoms with Crippen LogP contribution in [0.5, 0.6) is 0 Å². The summed E-state index contributed by atoms with van der Waals surface area (Å²) in [4.78, 5) is 28.4. The van der Waals surface area contributed by atoms with Crippen molar-refractivity contribution in [3.8, 4) is 0 Å². The van der Waals surface area contributed by atoms with Gasteiger partial charge >= 0.3 is 0 Å². The molecule has 0 bridgehead atoms. The molecule has 3 rings (SSSR count). The van der Waals surface area contributed by atoms with Crippen LogP contribution in [0.4, 0.5) is 5.69 Å². The number of unbranched alkanes of at least 4 members (excludes halogenated alkanes) is 1. The summed E-state index contributed by atoms with van der Waals surface area (Å²) in [5.74, 6) is -0.824. The highest BCUT2D eigenvalue weighted by molar-refractivity contribution is 9.10. The maximum Gasteiger partial charge on any atom is 0.264 e. The zero-order valence-corrected chi connectivity index (χ0v) is 25.4. The normalized spacial score (nSPS) is 12.0. The smallest absolute Gasteiger partial charge is 0.264 e. The minimum absolute atomic E-state index is 0.0427. The van der Waals surface area contributed by atoms with Crippen LogP contribution >= 0.6 is 27.5 Å². The SMILES string of the molecule is CCCCNC(=O)C(C)N(Cc1cccc(Br)c1)C(=O)CN(c1cccc(Cl)c1C)S(=O)(=O)c1ccccc1. The second-order valence-electron chi connectivity index (χ2n) is 9.18. The maximum atomic E-state index is 14.0. The summed E-state index contributed by atoms with van der Waals surface area (Å²) in [6, 6.07) is 19.5. The number of hydrogen-bond donors (Lipinski definition) is 1. The van der Waals surface area contributed by atoms with Gasteiger partial charge in [0.15, 0.2) is 0 Å². The van der Waals surface area contributed by atoms with Crippen LogP contribution in [0.2, 0.25) is 5.02 Å². The third-order valence-corrected chi connectivity index (χ3v) is 9.03. The van der Waals surface area contributed by atoms with E-state index in [9.17, 15) is 18.0 Å². The molecule has 1 N–H and O–H groups in total. The molecule has 0 aromatic heterocycles. The number of rotatable bonds is 12. The van der Waals surface area contributed by atoms with Crippen LogP contribution in [0.25, 0.3) is 0 Å². The van der Waals surface area contributed by atoms with E-state index in [-0.39, 0.29) is 17.3 Å². The van der Waals surface area contributed by atoms with Gasteiger partial charge in [0.25, 0.3) is 10.0 Å². The Balaban J connectivity index is 2.03. The molecule has 0 saturated heterocycles. The molecule has 0 fully saturated rings. The first-order valence-corrected chi connectivity index (χ1v) is 15.3. The molecular formula is C29H33BrClN3O4S. The molecule has 2 amide bonds. The number of amides is 2. The molecule has 0 saturated carbocycles. The van der Waals surface area contributed by atoms with Crippen molar-refractivity contribution in [3.05, 3.63) is 93.4 Å². The van der Waals surface area contributed by atoms with E-state index in [1.54, 1.807) is 50.2 Å². The summed E-state index contributed by atoms with van der Waals surface area (Å²) >= 11 is 9.81. The summed E-state index contributed by atoms with van der Waals surface area (Å²) in [6.07, 6.45) is 1.73. The number of halogens is 2. The van der Waals surface area contributed by atoms with Crippen molar-refractivity contribution >= 4 is 55.1 Å². The number of carbonyl (C=O) groups excluding carboxylic acids is 2. The number of sulfonamides is 1. The van der Waals surface area contributed by atoms with Gasteiger partial charge in [-0.05, 0) is 67.8 Å². The highest BCUT2D eigenvalue weighted by Crippen LogP contribution is 2.31. The van der Waals surface area contributed by atoms with E-state index < -0.39 is 28.5 Å². The molecule has 0 heterocycles. The van der Waals surface area contributed by atoms with E-state index in [2.05, 4.69) is 21.2 Å². The van der Waals surface area contributed by atoms with Gasteiger partial charge in [-0.15, -0.1) is 0 Å². The molecule has 208 valence electrons. The van der Waals surface area contributed by atoms with Gasteiger partial charge in [0.2, 0.25) is 11.8 Å². The van der Waals surface area contributed by atoms with Crippen LogP contribution < -0.4 is 9.62 Å². The molecule has 10 heteroatoms. The van der Waals surface area contributed by atoms with Crippen LogP contribution in [0.15, 0.2) is 82.2 Å². The van der Waals surface area contributed by atoms with Crippen LogP contribution in [0, 0.1) is 6.92 Å². The molecule has 1 atom stereocenters. The molecule has 0 aliphatic heterocycles. The van der Waals surface area contributed by atoms with E-state index in [1.807, 2.05) is 31.2 Å². The highest BCUT2D eigenvalue weighted by atomic mass is 79.9. The second-order valence-corrected chi connectivity index (χ2v) is 12.4. The van der Waals surface area contributed by atoms with Gasteiger partial charge in [-0.1, -0.05) is 77.3 Å². The predicted octanol–water partition coefficient (Wildman–Crippen LogP) is 5.94. The Hall–Kier alpha value is -2.88. The van der Waals surface area contributed by atoms with Crippen LogP contribution in [-0.2, 0) is 26.2 Å². The summed E-state index contributed by atoms with van der Waals surface area (Å²) < 4.78 is 29.6. The van der Waals surface area contributed by atoms with Crippen molar-refractivity contribution in [2.45, 2.75) is 51.1 Å². The lowest BCUT2D eigenvalue weighted by atomic mass is 10.1. The zero-order chi connectivity index (χ0) is 28.6. The van der Waals surface area contributed by atoms with Crippen molar-refractivity contribution in [2.24, 2.45) is 0 Å². The minimum Gasteiger partial charge on any atom is -0.354 e. The van der Waals surface area contributed by atoms with Crippen molar-refractivity contribution < 1.29 is 18.0 Å². The fraction of sp³-hybridized carbons (Fsp3) is 0.310. The van der Waals surface area contributed by atoms with E-state index >= 15 is 0 Å². The van der Waals surface area contributed by atoms with Gasteiger partial charge < -0.3 is 10.2 Å². The van der Waals surface area contributed by atoms with Gasteiger partial charge in [0, 0.05) is 22.6 Å². The number of hydrogen-bond acceptors (Lipinski definition) is 4. The Morgan fingerprint density at radius 1 is 1.03 bits per heavy atom. The lowest BCUT2D eigenvalue weighted by molar-refractivity contribution is -0.139. The van der Waals surface area contributed by atoms with E-state index in [1.165, 1.54) is 17.0 Å². The summed E-state index contributed by atoms with van der Waals surface area (Å²) in [7, 11) is -4.15. The van der Waals surface area contributed by atoms with Gasteiger partial charge in [0.05, 0.1) is 10.6 Å². The molecular weight excluding hydrogens is 602 g/mol. The fourth-order valence-corrected chi connectivity index (χ4v) is 6.16. The molecule has 0 aliphatic rings. The Morgan fingerprint density at radius 2 is 1.72 bits per heavy atom. The highest BCUT2D eigenvalue weighted by Gasteiger charge is 2.33. The van der Waals surface area contributed by atoms with E-state index in [4.69, 9.17) is 11.6 Å². The topological polar surface area (TPSA) is 86.8 Å². The van der Waals surface area contributed by atoms with Crippen LogP contribution in [0.1, 0.15) is 37.8 Å². The van der Waals surface area contributed by atoms with Crippen molar-refractivity contribution in [1.29, 1.82) is 0 Å². The monoisotopic (exact) mass is 633 g/mol. The van der Waals surface area contributed by atoms with Gasteiger partial charge in [0.1, 0.15) is 12.6 Å². The van der Waals surface area contributed by atoms with Crippen molar-refractivity contribution in [3.63, 3.8) is 0 Å². The maximum absolute atomic E-state index is 14.0. The number of benzene rings is 3. The number of nitrogens with zero attached hydrogens (tertiary/aromatic N) is 2. The Bertz CT molecular complexity index is 1400. The van der Waals surface area contributed by atoms with Gasteiger partial charge in [-0.2, -0.15) is 0 Å². The van der Waals surface area contributed by atoms with E-state index in [0.29, 0.717) is 22.8 Å². The third kappa shape index (κ3) is 7.84. The first-order chi connectivity index (χ1) is 18.6. The molecule has 3 aromatic rings. The second kappa shape index (κ2) is 14.0. The number of carbonyl (C=O) groups is 2. The molecule has 3 aromatic carbocycles. The largest absolute Gasteiger partial charge is 0.354 e. The molecule has 7 nitrogen and oxygen atoms in total. The zero-order valence-electron chi connectivity index (χ0n) is 22.2. The predicted molar refractivity (Wildman–Crippen MR) is 159 cm³/mol. The van der Waals surface area contributed by atoms with Crippen molar-refractivity contribution in [2.75, 3.05) is 17.4 Å². The van der Waals surface area contributed by atoms with Gasteiger partial charge in [-0.25, -0.2) is 8.42 Å².